The lowest BCUT2D eigenvalue weighted by Crippen LogP contribution is -2.47. The molecule has 4 nitrogen and oxygen atoms in total. The second kappa shape index (κ2) is 13.4. The number of allylic oxidation sites excluding steroid dienone is 1. The molecule has 0 spiro atoms. The number of para-hydroxylation sites is 1. The van der Waals surface area contributed by atoms with Gasteiger partial charge in [0.15, 0.2) is 0 Å². The average Bonchev–Trinajstić information content (AvgIpc) is 3.57. The minimum absolute atomic E-state index is 0.174. The highest BCUT2D eigenvalue weighted by Crippen LogP contribution is 2.43. The molecule has 0 bridgehead atoms. The third kappa shape index (κ3) is 6.88. The molecule has 1 saturated heterocycles. The molecule has 4 rings (SSSR count). The molecule has 0 radical (unpaired) electrons. The number of hydrogen-bond donors (Lipinski definition) is 1. The molecule has 214 valence electrons. The fourth-order valence-corrected chi connectivity index (χ4v) is 7.30. The normalized spacial score (nSPS) is 19.6. The summed E-state index contributed by atoms with van der Waals surface area (Å²) >= 11 is 0. The van der Waals surface area contributed by atoms with Gasteiger partial charge in [-0.15, -0.1) is 0 Å². The van der Waals surface area contributed by atoms with Crippen LogP contribution in [0.2, 0.25) is 0 Å². The van der Waals surface area contributed by atoms with Crippen LogP contribution in [0, 0.1) is 31.1 Å². The maximum atomic E-state index is 4.91. The van der Waals surface area contributed by atoms with Crippen LogP contribution in [0.1, 0.15) is 102 Å². The topological polar surface area (TPSA) is 33.1 Å². The molecule has 39 heavy (non-hydrogen) atoms. The lowest BCUT2D eigenvalue weighted by atomic mass is 9.71. The Morgan fingerprint density at radius 1 is 1.08 bits per heavy atom. The largest absolute Gasteiger partial charge is 0.382 e. The van der Waals surface area contributed by atoms with Gasteiger partial charge in [0.05, 0.1) is 11.4 Å². The van der Waals surface area contributed by atoms with Gasteiger partial charge in [-0.2, -0.15) is 5.10 Å². The second-order valence-corrected chi connectivity index (χ2v) is 12.8. The van der Waals surface area contributed by atoms with E-state index in [1.54, 1.807) is 0 Å². The van der Waals surface area contributed by atoms with Gasteiger partial charge in [0.1, 0.15) is 0 Å². The van der Waals surface area contributed by atoms with Gasteiger partial charge in [0.2, 0.25) is 0 Å². The summed E-state index contributed by atoms with van der Waals surface area (Å²) in [6, 6.07) is 10.8. The zero-order valence-electron chi connectivity index (χ0n) is 25.6. The number of nitrogens with one attached hydrogen (secondary N) is 1. The van der Waals surface area contributed by atoms with Crippen LogP contribution >= 0.6 is 0 Å². The SMILES string of the molecule is C=C(C)C(NC(=C)C1(CCCCC)CCN(Cc2c(C)nn(-c3ccccc3)c2C)CC1)C(C)C1CCCC1. The van der Waals surface area contributed by atoms with Crippen molar-refractivity contribution in [3.05, 3.63) is 71.7 Å². The number of nitrogens with zero attached hydrogens (tertiary/aromatic N) is 3. The number of aromatic nitrogens is 2. The van der Waals surface area contributed by atoms with Crippen LogP contribution in [-0.2, 0) is 6.54 Å². The number of aryl methyl sites for hydroxylation is 1. The first-order valence-electron chi connectivity index (χ1n) is 15.7. The van der Waals surface area contributed by atoms with Gasteiger partial charge < -0.3 is 5.32 Å². The number of piperidine rings is 1. The van der Waals surface area contributed by atoms with Crippen LogP contribution in [0.5, 0.6) is 0 Å². The lowest BCUT2D eigenvalue weighted by molar-refractivity contribution is 0.107. The third-order valence-corrected chi connectivity index (χ3v) is 10.1. The number of rotatable bonds is 13. The van der Waals surface area contributed by atoms with Crippen molar-refractivity contribution in [2.75, 3.05) is 13.1 Å². The van der Waals surface area contributed by atoms with Crippen molar-refractivity contribution in [1.29, 1.82) is 0 Å². The fraction of sp³-hybridized carbons (Fsp3) is 0.629. The van der Waals surface area contributed by atoms with Crippen molar-refractivity contribution in [3.8, 4) is 5.69 Å². The number of hydrogen-bond acceptors (Lipinski definition) is 3. The first-order chi connectivity index (χ1) is 18.8. The third-order valence-electron chi connectivity index (χ3n) is 10.1. The molecule has 2 atom stereocenters. The molecule has 4 heteroatoms. The Morgan fingerprint density at radius 2 is 1.74 bits per heavy atom. The summed E-state index contributed by atoms with van der Waals surface area (Å²) in [5.74, 6) is 1.43. The van der Waals surface area contributed by atoms with Gasteiger partial charge in [-0.25, -0.2) is 4.68 Å². The summed E-state index contributed by atoms with van der Waals surface area (Å²) in [6.45, 7) is 23.7. The number of benzene rings is 1. The zero-order chi connectivity index (χ0) is 28.0. The van der Waals surface area contributed by atoms with E-state index in [1.807, 2.05) is 0 Å². The van der Waals surface area contributed by atoms with Crippen molar-refractivity contribution in [2.45, 2.75) is 111 Å². The molecule has 2 aromatic rings. The van der Waals surface area contributed by atoms with Gasteiger partial charge in [0.25, 0.3) is 0 Å². The van der Waals surface area contributed by atoms with E-state index in [0.717, 1.165) is 36.9 Å². The highest BCUT2D eigenvalue weighted by Gasteiger charge is 2.39. The minimum atomic E-state index is 0.174. The predicted molar refractivity (Wildman–Crippen MR) is 166 cm³/mol. The predicted octanol–water partition coefficient (Wildman–Crippen LogP) is 8.53. The molecule has 2 heterocycles. The molecular weight excluding hydrogens is 476 g/mol. The Kier molecular flexibility index (Phi) is 10.1. The first kappa shape index (κ1) is 29.6. The van der Waals surface area contributed by atoms with Crippen molar-refractivity contribution in [2.24, 2.45) is 17.3 Å². The van der Waals surface area contributed by atoms with Crippen molar-refractivity contribution in [3.63, 3.8) is 0 Å². The van der Waals surface area contributed by atoms with E-state index in [2.05, 4.69) is 86.4 Å². The van der Waals surface area contributed by atoms with Gasteiger partial charge in [-0.3, -0.25) is 4.90 Å². The minimum Gasteiger partial charge on any atom is -0.382 e. The van der Waals surface area contributed by atoms with E-state index in [0.29, 0.717) is 12.0 Å². The van der Waals surface area contributed by atoms with Crippen molar-refractivity contribution >= 4 is 0 Å². The van der Waals surface area contributed by atoms with Crippen molar-refractivity contribution in [1.82, 2.24) is 20.0 Å². The second-order valence-electron chi connectivity index (χ2n) is 12.8. The smallest absolute Gasteiger partial charge is 0.0648 e. The lowest BCUT2D eigenvalue weighted by Gasteiger charge is -2.45. The van der Waals surface area contributed by atoms with E-state index in [4.69, 9.17) is 11.7 Å². The van der Waals surface area contributed by atoms with Crippen LogP contribution in [0.4, 0.5) is 0 Å². The summed E-state index contributed by atoms with van der Waals surface area (Å²) < 4.78 is 2.11. The summed E-state index contributed by atoms with van der Waals surface area (Å²) in [4.78, 5) is 2.65. The Labute approximate surface area is 239 Å². The van der Waals surface area contributed by atoms with Crippen molar-refractivity contribution < 1.29 is 0 Å². The maximum Gasteiger partial charge on any atom is 0.0648 e. The van der Waals surface area contributed by atoms with Crippen LogP contribution in [-0.4, -0.2) is 33.8 Å². The monoisotopic (exact) mass is 530 g/mol. The quantitative estimate of drug-likeness (QED) is 0.208. The van der Waals surface area contributed by atoms with E-state index in [-0.39, 0.29) is 5.41 Å². The Balaban J connectivity index is 1.45. The van der Waals surface area contributed by atoms with Crippen LogP contribution in [0.15, 0.2) is 54.8 Å². The first-order valence-corrected chi connectivity index (χ1v) is 15.7. The molecule has 1 aliphatic heterocycles. The Bertz CT molecular complexity index is 1080. The van der Waals surface area contributed by atoms with Gasteiger partial charge in [0, 0.05) is 35.0 Å². The molecule has 1 aromatic heterocycles. The molecule has 1 aromatic carbocycles. The molecule has 0 amide bonds. The maximum absolute atomic E-state index is 4.91. The summed E-state index contributed by atoms with van der Waals surface area (Å²) in [5.41, 5.74) is 7.63. The standard InChI is InChI=1S/C35H54N4/c1-8-9-15-20-35(30(7)36-34(26(2)3)27(4)31-16-13-14-17-31)21-23-38(24-22-35)25-33-28(5)37-39(29(33)6)32-18-11-10-12-19-32/h10-12,18-19,27,31,34,36H,2,7-9,13-17,20-25H2,1,3-6H3. The van der Waals surface area contributed by atoms with Gasteiger partial charge >= 0.3 is 0 Å². The van der Waals surface area contributed by atoms with Crippen LogP contribution in [0.3, 0.4) is 0 Å². The Morgan fingerprint density at radius 3 is 2.36 bits per heavy atom. The van der Waals surface area contributed by atoms with Crippen LogP contribution < -0.4 is 5.32 Å². The molecule has 1 aliphatic carbocycles. The Hall–Kier alpha value is -2.33. The van der Waals surface area contributed by atoms with E-state index < -0.39 is 0 Å². The van der Waals surface area contributed by atoms with E-state index in [9.17, 15) is 0 Å². The highest BCUT2D eigenvalue weighted by atomic mass is 15.3. The summed E-state index contributed by atoms with van der Waals surface area (Å²) in [6.07, 6.45) is 13.0. The van der Waals surface area contributed by atoms with Gasteiger partial charge in [-0.1, -0.05) is 95.7 Å². The molecular formula is C35H54N4. The highest BCUT2D eigenvalue weighted by molar-refractivity contribution is 5.37. The van der Waals surface area contributed by atoms with E-state index in [1.165, 1.54) is 86.7 Å². The molecule has 2 fully saturated rings. The number of unbranched alkanes of at least 4 members (excludes halogenated alkanes) is 2. The zero-order valence-corrected chi connectivity index (χ0v) is 25.6. The fourth-order valence-electron chi connectivity index (χ4n) is 7.30. The summed E-state index contributed by atoms with van der Waals surface area (Å²) in [5, 5.41) is 8.92. The molecule has 1 saturated carbocycles. The molecule has 2 unspecified atom stereocenters. The van der Waals surface area contributed by atoms with Gasteiger partial charge in [-0.05, 0) is 77.1 Å². The van der Waals surface area contributed by atoms with E-state index >= 15 is 0 Å². The molecule has 1 N–H and O–H groups in total. The average molecular weight is 531 g/mol. The van der Waals surface area contributed by atoms with Crippen LogP contribution in [0.25, 0.3) is 5.69 Å². The molecule has 2 aliphatic rings. The number of likely N-dealkylation sites (tertiary alicyclic amines) is 1. The summed E-state index contributed by atoms with van der Waals surface area (Å²) in [7, 11) is 0.